The maximum absolute atomic E-state index is 5.77. The molecule has 0 unspecified atom stereocenters. The second-order valence-electron chi connectivity index (χ2n) is 2.71. The monoisotopic (exact) mass is 256 g/mol. The Morgan fingerprint density at radius 3 is 2.13 bits per heavy atom. The van der Waals surface area contributed by atoms with Crippen molar-refractivity contribution < 1.29 is 0 Å². The van der Waals surface area contributed by atoms with Crippen LogP contribution in [0.15, 0.2) is 46.5 Å². The molecule has 1 aromatic carbocycles. The first-order chi connectivity index (χ1) is 7.24. The van der Waals surface area contributed by atoms with E-state index in [0.717, 1.165) is 4.90 Å². The molecule has 2 aromatic rings. The quantitative estimate of drug-likeness (QED) is 0.602. The summed E-state index contributed by atoms with van der Waals surface area (Å²) in [4.78, 5) is 9.18. The molecule has 0 aliphatic carbocycles. The molecule has 0 atom stereocenters. The minimum atomic E-state index is 0.355. The Labute approximate surface area is 102 Å². The fourth-order valence-electron chi connectivity index (χ4n) is 1.01. The van der Waals surface area contributed by atoms with Crippen molar-refractivity contribution in [3.05, 3.63) is 46.7 Å². The summed E-state index contributed by atoms with van der Waals surface area (Å²) in [6.45, 7) is 0. The molecule has 0 aliphatic heterocycles. The number of nitrogens with zero attached hydrogens (tertiary/aromatic N) is 2. The van der Waals surface area contributed by atoms with Crippen LogP contribution >= 0.6 is 35.0 Å². The summed E-state index contributed by atoms with van der Waals surface area (Å²) in [7, 11) is 0. The van der Waals surface area contributed by atoms with Crippen LogP contribution in [0.25, 0.3) is 0 Å². The smallest absolute Gasteiger partial charge is 0.195 e. The first-order valence-corrected chi connectivity index (χ1v) is 5.74. The highest BCUT2D eigenvalue weighted by molar-refractivity contribution is 7.99. The van der Waals surface area contributed by atoms with E-state index in [0.29, 0.717) is 15.5 Å². The molecular formula is C10H6Cl2N2S. The molecule has 0 bridgehead atoms. The zero-order chi connectivity index (χ0) is 10.7. The third-order valence-corrected chi connectivity index (χ3v) is 2.86. The molecule has 2 rings (SSSR count). The highest BCUT2D eigenvalue weighted by atomic mass is 35.5. The second-order valence-corrected chi connectivity index (χ2v) is 4.53. The number of hydrogen-bond donors (Lipinski definition) is 0. The van der Waals surface area contributed by atoms with Crippen LogP contribution in [0.2, 0.25) is 10.3 Å². The van der Waals surface area contributed by atoms with Crippen molar-refractivity contribution in [2.75, 3.05) is 0 Å². The molecule has 1 aromatic heterocycles. The fraction of sp³-hybridized carbons (Fsp3) is 0. The predicted octanol–water partition coefficient (Wildman–Crippen LogP) is 3.93. The summed E-state index contributed by atoms with van der Waals surface area (Å²) in [5.41, 5.74) is 0. The number of benzene rings is 1. The van der Waals surface area contributed by atoms with Crippen molar-refractivity contribution >= 4 is 35.0 Å². The lowest BCUT2D eigenvalue weighted by molar-refractivity contribution is 0.968. The van der Waals surface area contributed by atoms with Crippen molar-refractivity contribution in [1.29, 1.82) is 0 Å². The van der Waals surface area contributed by atoms with E-state index in [9.17, 15) is 0 Å². The molecule has 76 valence electrons. The van der Waals surface area contributed by atoms with Gasteiger partial charge in [-0.15, -0.1) is 0 Å². The van der Waals surface area contributed by atoms with Gasteiger partial charge in [0, 0.05) is 11.0 Å². The van der Waals surface area contributed by atoms with Gasteiger partial charge < -0.3 is 0 Å². The molecule has 0 saturated heterocycles. The summed E-state index contributed by atoms with van der Waals surface area (Å²) in [6.07, 6.45) is 0. The summed E-state index contributed by atoms with van der Waals surface area (Å²) in [5.74, 6) is 0. The van der Waals surface area contributed by atoms with E-state index in [2.05, 4.69) is 9.97 Å². The number of hydrogen-bond acceptors (Lipinski definition) is 3. The third-order valence-electron chi connectivity index (χ3n) is 1.60. The van der Waals surface area contributed by atoms with Gasteiger partial charge >= 0.3 is 0 Å². The standard InChI is InChI=1S/C10H6Cl2N2S/c11-8-6-9(12)14-10(13-8)15-7-4-2-1-3-5-7/h1-6H. The molecule has 15 heavy (non-hydrogen) atoms. The number of halogens is 2. The summed E-state index contributed by atoms with van der Waals surface area (Å²) >= 11 is 13.0. The van der Waals surface area contributed by atoms with Gasteiger partial charge in [-0.2, -0.15) is 0 Å². The fourth-order valence-corrected chi connectivity index (χ4v) is 2.33. The summed E-state index contributed by atoms with van der Waals surface area (Å²) < 4.78 is 0. The minimum Gasteiger partial charge on any atom is -0.210 e. The van der Waals surface area contributed by atoms with Gasteiger partial charge in [0.05, 0.1) is 0 Å². The first-order valence-electron chi connectivity index (χ1n) is 4.17. The average molecular weight is 257 g/mol. The summed E-state index contributed by atoms with van der Waals surface area (Å²) in [6, 6.07) is 11.3. The van der Waals surface area contributed by atoms with E-state index >= 15 is 0 Å². The van der Waals surface area contributed by atoms with Crippen LogP contribution in [-0.2, 0) is 0 Å². The van der Waals surface area contributed by atoms with Crippen LogP contribution in [0.3, 0.4) is 0 Å². The van der Waals surface area contributed by atoms with Gasteiger partial charge in [0.1, 0.15) is 10.3 Å². The molecule has 0 spiro atoms. The van der Waals surface area contributed by atoms with Crippen molar-refractivity contribution in [3.63, 3.8) is 0 Å². The van der Waals surface area contributed by atoms with Gasteiger partial charge in [-0.1, -0.05) is 41.4 Å². The van der Waals surface area contributed by atoms with E-state index in [1.165, 1.54) is 17.8 Å². The zero-order valence-corrected chi connectivity index (χ0v) is 9.85. The number of aromatic nitrogens is 2. The van der Waals surface area contributed by atoms with Gasteiger partial charge in [0.25, 0.3) is 0 Å². The van der Waals surface area contributed by atoms with Crippen molar-refractivity contribution in [2.24, 2.45) is 0 Å². The lowest BCUT2D eigenvalue weighted by atomic mass is 10.4. The van der Waals surface area contributed by atoms with E-state index in [1.54, 1.807) is 0 Å². The topological polar surface area (TPSA) is 25.8 Å². The van der Waals surface area contributed by atoms with Crippen LogP contribution < -0.4 is 0 Å². The van der Waals surface area contributed by atoms with E-state index in [1.807, 2.05) is 30.3 Å². The lowest BCUT2D eigenvalue weighted by Crippen LogP contribution is -1.86. The Hall–Kier alpha value is -0.770. The molecular weight excluding hydrogens is 251 g/mol. The molecule has 1 heterocycles. The van der Waals surface area contributed by atoms with Crippen LogP contribution in [0, 0.1) is 0 Å². The van der Waals surface area contributed by atoms with Gasteiger partial charge in [0.2, 0.25) is 0 Å². The Kier molecular flexibility index (Phi) is 3.46. The molecule has 0 N–H and O–H groups in total. The summed E-state index contributed by atoms with van der Waals surface area (Å²) in [5, 5.41) is 1.26. The van der Waals surface area contributed by atoms with Crippen LogP contribution in [0.4, 0.5) is 0 Å². The highest BCUT2D eigenvalue weighted by Crippen LogP contribution is 2.26. The third kappa shape index (κ3) is 3.09. The second kappa shape index (κ2) is 4.84. The molecule has 0 fully saturated rings. The van der Waals surface area contributed by atoms with Gasteiger partial charge in [0.15, 0.2) is 5.16 Å². The Morgan fingerprint density at radius 1 is 0.933 bits per heavy atom. The molecule has 5 heteroatoms. The Bertz CT molecular complexity index is 442. The van der Waals surface area contributed by atoms with Crippen LogP contribution in [0.1, 0.15) is 0 Å². The highest BCUT2D eigenvalue weighted by Gasteiger charge is 2.03. The zero-order valence-electron chi connectivity index (χ0n) is 7.52. The lowest BCUT2D eigenvalue weighted by Gasteiger charge is -2.00. The van der Waals surface area contributed by atoms with E-state index < -0.39 is 0 Å². The Balaban J connectivity index is 2.25. The molecule has 0 amide bonds. The van der Waals surface area contributed by atoms with E-state index in [-0.39, 0.29) is 0 Å². The number of rotatable bonds is 2. The van der Waals surface area contributed by atoms with Gasteiger partial charge in [-0.3, -0.25) is 0 Å². The SMILES string of the molecule is Clc1cc(Cl)nc(Sc2ccccc2)n1. The van der Waals surface area contributed by atoms with Crippen LogP contribution in [-0.4, -0.2) is 9.97 Å². The van der Waals surface area contributed by atoms with Gasteiger partial charge in [-0.05, 0) is 23.9 Å². The maximum atomic E-state index is 5.77. The Morgan fingerprint density at radius 2 is 1.53 bits per heavy atom. The van der Waals surface area contributed by atoms with Gasteiger partial charge in [-0.25, -0.2) is 9.97 Å². The first kappa shape index (κ1) is 10.7. The van der Waals surface area contributed by atoms with Crippen molar-refractivity contribution in [1.82, 2.24) is 9.97 Å². The predicted molar refractivity (Wildman–Crippen MR) is 62.6 cm³/mol. The normalized spacial score (nSPS) is 10.3. The van der Waals surface area contributed by atoms with Crippen molar-refractivity contribution in [2.45, 2.75) is 10.1 Å². The van der Waals surface area contributed by atoms with Crippen LogP contribution in [0.5, 0.6) is 0 Å². The molecule has 2 nitrogen and oxygen atoms in total. The maximum Gasteiger partial charge on any atom is 0.195 e. The van der Waals surface area contributed by atoms with E-state index in [4.69, 9.17) is 23.2 Å². The molecule has 0 saturated carbocycles. The average Bonchev–Trinajstić information content (AvgIpc) is 2.17. The van der Waals surface area contributed by atoms with Crippen molar-refractivity contribution in [3.8, 4) is 0 Å². The largest absolute Gasteiger partial charge is 0.210 e. The molecule has 0 aliphatic rings. The minimum absolute atomic E-state index is 0.355. The molecule has 0 radical (unpaired) electrons.